The molecule has 1 aliphatic carbocycles. The highest BCUT2D eigenvalue weighted by molar-refractivity contribution is 5.85. The minimum absolute atomic E-state index is 0.0132. The SMILES string of the molecule is COC(=O)C(O)c1ccc(NC(=O)OCC2c3ccccc3-c3ccccc32)cc1. The molecular formula is C24H21NO5. The Morgan fingerprint density at radius 3 is 2.07 bits per heavy atom. The van der Waals surface area contributed by atoms with Crippen molar-refractivity contribution in [2.24, 2.45) is 0 Å². The zero-order chi connectivity index (χ0) is 21.1. The van der Waals surface area contributed by atoms with Crippen molar-refractivity contribution < 1.29 is 24.2 Å². The molecule has 1 unspecified atom stereocenters. The number of ether oxygens (including phenoxy) is 2. The molecule has 1 atom stereocenters. The third-order valence-electron chi connectivity index (χ3n) is 5.24. The number of anilines is 1. The summed E-state index contributed by atoms with van der Waals surface area (Å²) in [5.41, 5.74) is 5.50. The van der Waals surface area contributed by atoms with Gasteiger partial charge in [-0.2, -0.15) is 0 Å². The van der Waals surface area contributed by atoms with Crippen LogP contribution in [0.3, 0.4) is 0 Å². The fourth-order valence-electron chi connectivity index (χ4n) is 3.75. The predicted molar refractivity (Wildman–Crippen MR) is 112 cm³/mol. The quantitative estimate of drug-likeness (QED) is 0.622. The standard InChI is InChI=1S/C24H21NO5/c1-29-23(27)22(26)15-10-12-16(13-11-15)25-24(28)30-14-21-19-8-4-2-6-17(19)18-7-3-5-9-20(18)21/h2-13,21-22,26H,14H2,1H3,(H,25,28). The highest BCUT2D eigenvalue weighted by Crippen LogP contribution is 2.44. The molecule has 0 bridgehead atoms. The number of carbonyl (C=O) groups excluding carboxylic acids is 2. The van der Waals surface area contributed by atoms with Crippen LogP contribution < -0.4 is 5.32 Å². The summed E-state index contributed by atoms with van der Waals surface area (Å²) in [6.45, 7) is 0.221. The number of hydrogen-bond acceptors (Lipinski definition) is 5. The number of methoxy groups -OCH3 is 1. The zero-order valence-electron chi connectivity index (χ0n) is 16.4. The van der Waals surface area contributed by atoms with E-state index in [9.17, 15) is 14.7 Å². The first kappa shape index (κ1) is 19.7. The van der Waals surface area contributed by atoms with E-state index in [0.717, 1.165) is 11.1 Å². The molecular weight excluding hydrogens is 382 g/mol. The molecule has 0 aliphatic heterocycles. The molecule has 30 heavy (non-hydrogen) atoms. The van der Waals surface area contributed by atoms with Crippen molar-refractivity contribution in [3.8, 4) is 11.1 Å². The van der Waals surface area contributed by atoms with E-state index in [2.05, 4.69) is 34.3 Å². The van der Waals surface area contributed by atoms with Gasteiger partial charge in [-0.05, 0) is 39.9 Å². The van der Waals surface area contributed by atoms with E-state index < -0.39 is 18.2 Å². The number of nitrogens with one attached hydrogen (secondary N) is 1. The van der Waals surface area contributed by atoms with E-state index in [-0.39, 0.29) is 12.5 Å². The van der Waals surface area contributed by atoms with Crippen molar-refractivity contribution >= 4 is 17.7 Å². The van der Waals surface area contributed by atoms with Crippen LogP contribution >= 0.6 is 0 Å². The third kappa shape index (κ3) is 3.77. The summed E-state index contributed by atoms with van der Waals surface area (Å²) in [4.78, 5) is 23.7. The molecule has 0 aromatic heterocycles. The van der Waals surface area contributed by atoms with Crippen molar-refractivity contribution in [1.82, 2.24) is 0 Å². The monoisotopic (exact) mass is 403 g/mol. The molecule has 6 nitrogen and oxygen atoms in total. The Morgan fingerprint density at radius 2 is 1.50 bits per heavy atom. The largest absolute Gasteiger partial charge is 0.467 e. The van der Waals surface area contributed by atoms with Gasteiger partial charge in [0.25, 0.3) is 0 Å². The van der Waals surface area contributed by atoms with E-state index in [0.29, 0.717) is 11.3 Å². The second-order valence-electron chi connectivity index (χ2n) is 7.00. The van der Waals surface area contributed by atoms with E-state index in [1.807, 2.05) is 24.3 Å². The van der Waals surface area contributed by atoms with E-state index >= 15 is 0 Å². The van der Waals surface area contributed by atoms with Crippen LogP contribution in [0.1, 0.15) is 28.7 Å². The second-order valence-corrected chi connectivity index (χ2v) is 7.00. The van der Waals surface area contributed by atoms with Crippen LogP contribution in [0.5, 0.6) is 0 Å². The molecule has 0 radical (unpaired) electrons. The van der Waals surface area contributed by atoms with E-state index in [1.54, 1.807) is 24.3 Å². The van der Waals surface area contributed by atoms with Gasteiger partial charge in [0.2, 0.25) is 0 Å². The second kappa shape index (κ2) is 8.39. The number of aliphatic hydroxyl groups is 1. The molecule has 2 N–H and O–H groups in total. The van der Waals surface area contributed by atoms with Gasteiger partial charge < -0.3 is 14.6 Å². The number of carbonyl (C=O) groups is 2. The summed E-state index contributed by atoms with van der Waals surface area (Å²) in [6.07, 6.45) is -1.93. The van der Waals surface area contributed by atoms with Gasteiger partial charge in [-0.3, -0.25) is 5.32 Å². The number of benzene rings is 3. The average molecular weight is 403 g/mol. The van der Waals surface area contributed by atoms with Crippen LogP contribution in [0.4, 0.5) is 10.5 Å². The fourth-order valence-corrected chi connectivity index (χ4v) is 3.75. The minimum atomic E-state index is -1.36. The molecule has 0 saturated carbocycles. The van der Waals surface area contributed by atoms with Crippen LogP contribution in [-0.2, 0) is 14.3 Å². The molecule has 4 rings (SSSR count). The lowest BCUT2D eigenvalue weighted by atomic mass is 9.98. The molecule has 3 aromatic carbocycles. The maximum atomic E-state index is 12.3. The van der Waals surface area contributed by atoms with E-state index in [1.165, 1.54) is 18.2 Å². The van der Waals surface area contributed by atoms with E-state index in [4.69, 9.17) is 4.74 Å². The van der Waals surface area contributed by atoms with Gasteiger partial charge in [-0.25, -0.2) is 9.59 Å². The van der Waals surface area contributed by atoms with Crippen LogP contribution in [0, 0.1) is 0 Å². The van der Waals surface area contributed by atoms with Gasteiger partial charge in [0.05, 0.1) is 7.11 Å². The highest BCUT2D eigenvalue weighted by Gasteiger charge is 2.29. The van der Waals surface area contributed by atoms with Crippen molar-refractivity contribution in [1.29, 1.82) is 0 Å². The number of amides is 1. The van der Waals surface area contributed by atoms with Gasteiger partial charge in [0.1, 0.15) is 6.61 Å². The number of fused-ring (bicyclic) bond motifs is 3. The molecule has 6 heteroatoms. The Kier molecular flexibility index (Phi) is 5.50. The number of aliphatic hydroxyl groups excluding tert-OH is 1. The Hall–Kier alpha value is -3.64. The molecule has 1 aliphatic rings. The van der Waals surface area contributed by atoms with Crippen LogP contribution in [0.2, 0.25) is 0 Å². The lowest BCUT2D eigenvalue weighted by Gasteiger charge is -2.15. The molecule has 0 saturated heterocycles. The summed E-state index contributed by atoms with van der Waals surface area (Å²) in [5.74, 6) is -0.757. The predicted octanol–water partition coefficient (Wildman–Crippen LogP) is 4.25. The zero-order valence-corrected chi connectivity index (χ0v) is 16.4. The first-order valence-corrected chi connectivity index (χ1v) is 9.56. The Bertz CT molecular complexity index is 1030. The maximum absolute atomic E-state index is 12.3. The Balaban J connectivity index is 1.40. The summed E-state index contributed by atoms with van der Waals surface area (Å²) in [6, 6.07) is 22.5. The lowest BCUT2D eigenvalue weighted by molar-refractivity contribution is -0.150. The normalized spacial score (nSPS) is 13.1. The van der Waals surface area contributed by atoms with Gasteiger partial charge in [0, 0.05) is 11.6 Å². The summed E-state index contributed by atoms with van der Waals surface area (Å²) in [7, 11) is 1.21. The van der Waals surface area contributed by atoms with Crippen LogP contribution in [-0.4, -0.2) is 30.9 Å². The van der Waals surface area contributed by atoms with Crippen LogP contribution in [0.25, 0.3) is 11.1 Å². The molecule has 3 aromatic rings. The van der Waals surface area contributed by atoms with Crippen LogP contribution in [0.15, 0.2) is 72.8 Å². The smallest absolute Gasteiger partial charge is 0.411 e. The Morgan fingerprint density at radius 1 is 0.933 bits per heavy atom. The lowest BCUT2D eigenvalue weighted by Crippen LogP contribution is -2.18. The first-order chi connectivity index (χ1) is 14.6. The van der Waals surface area contributed by atoms with Gasteiger partial charge in [-0.15, -0.1) is 0 Å². The topological polar surface area (TPSA) is 84.9 Å². The Labute approximate surface area is 174 Å². The molecule has 1 amide bonds. The van der Waals surface area contributed by atoms with Crippen molar-refractivity contribution in [3.05, 3.63) is 89.5 Å². The molecule has 152 valence electrons. The maximum Gasteiger partial charge on any atom is 0.411 e. The molecule has 0 heterocycles. The third-order valence-corrected chi connectivity index (χ3v) is 5.24. The minimum Gasteiger partial charge on any atom is -0.467 e. The molecule has 0 fully saturated rings. The van der Waals surface area contributed by atoms with Gasteiger partial charge >= 0.3 is 12.1 Å². The van der Waals surface area contributed by atoms with Crippen molar-refractivity contribution in [3.63, 3.8) is 0 Å². The summed E-state index contributed by atoms with van der Waals surface area (Å²) < 4.78 is 10.0. The summed E-state index contributed by atoms with van der Waals surface area (Å²) in [5, 5.41) is 12.5. The molecule has 0 spiro atoms. The van der Waals surface area contributed by atoms with Crippen molar-refractivity contribution in [2.75, 3.05) is 19.0 Å². The van der Waals surface area contributed by atoms with Gasteiger partial charge in [0.15, 0.2) is 6.10 Å². The first-order valence-electron chi connectivity index (χ1n) is 9.56. The number of esters is 1. The van der Waals surface area contributed by atoms with Crippen molar-refractivity contribution in [2.45, 2.75) is 12.0 Å². The number of rotatable bonds is 5. The fraction of sp³-hybridized carbons (Fsp3) is 0.167. The highest BCUT2D eigenvalue weighted by atomic mass is 16.5. The average Bonchev–Trinajstić information content (AvgIpc) is 3.11. The van der Waals surface area contributed by atoms with Gasteiger partial charge in [-0.1, -0.05) is 60.7 Å². The number of hydrogen-bond donors (Lipinski definition) is 2. The summed E-state index contributed by atoms with van der Waals surface area (Å²) >= 11 is 0.